The SMILES string of the molecule is [Al].[B]=N[S-](=[B])=N. The van der Waals surface area contributed by atoms with E-state index in [1.165, 1.54) is 0 Å². The molecular weight excluding hydrogens is 109 g/mol. The van der Waals surface area contributed by atoms with Gasteiger partial charge < -0.3 is 0 Å². The van der Waals surface area contributed by atoms with E-state index < -0.39 is 10.3 Å². The van der Waals surface area contributed by atoms with E-state index >= 15 is 0 Å². The van der Waals surface area contributed by atoms with Crippen molar-refractivity contribution in [2.75, 3.05) is 0 Å². The summed E-state index contributed by atoms with van der Waals surface area (Å²) in [5.74, 6) is 0. The molecule has 0 aliphatic heterocycles. The summed E-state index contributed by atoms with van der Waals surface area (Å²) in [5, 5.41) is 0. The summed E-state index contributed by atoms with van der Waals surface area (Å²) in [7, 11) is 3.33. The first kappa shape index (κ1) is 9.79. The molecule has 0 fully saturated rings. The van der Waals surface area contributed by atoms with Gasteiger partial charge in [-0.05, 0) is 0 Å². The minimum absolute atomic E-state index is 0. The average molecular weight is 110 g/mol. The molecule has 0 saturated carbocycles. The predicted molar refractivity (Wildman–Crippen MR) is 29.8 cm³/mol. The third-order valence-corrected chi connectivity index (χ3v) is 0.341. The number of nitrogens with one attached hydrogen (secondary N) is 1. The van der Waals surface area contributed by atoms with Crippen molar-refractivity contribution in [1.82, 2.24) is 0 Å². The van der Waals surface area contributed by atoms with Gasteiger partial charge in [0, 0.05) is 17.4 Å². The Morgan fingerprint density at radius 1 is 1.67 bits per heavy atom. The van der Waals surface area contributed by atoms with Crippen LogP contribution in [0.4, 0.5) is 0 Å². The van der Waals surface area contributed by atoms with Crippen LogP contribution in [-0.2, 0) is 10.3 Å². The van der Waals surface area contributed by atoms with Gasteiger partial charge in [0.2, 0.25) is 0 Å². The Hall–Kier alpha value is 0.612. The van der Waals surface area contributed by atoms with Crippen molar-refractivity contribution >= 4 is 42.0 Å². The van der Waals surface area contributed by atoms with Crippen LogP contribution in [0.25, 0.3) is 0 Å². The van der Waals surface area contributed by atoms with Crippen molar-refractivity contribution in [3.05, 3.63) is 0 Å². The first-order valence-electron chi connectivity index (χ1n) is 0.881. The number of rotatable bonds is 1. The maximum absolute atomic E-state index is 6.34. The summed E-state index contributed by atoms with van der Waals surface area (Å²) < 4.78 is 9.20. The molecule has 2 nitrogen and oxygen atoms in total. The van der Waals surface area contributed by atoms with Gasteiger partial charge in [-0.1, -0.05) is 0 Å². The predicted octanol–water partition coefficient (Wildman–Crippen LogP) is -0.663. The van der Waals surface area contributed by atoms with Gasteiger partial charge in [-0.2, -0.15) is 0 Å². The Morgan fingerprint density at radius 2 is 1.83 bits per heavy atom. The topological polar surface area (TPSA) is 36.2 Å². The molecule has 0 aromatic carbocycles. The van der Waals surface area contributed by atoms with E-state index in [2.05, 4.69) is 11.9 Å². The van der Waals surface area contributed by atoms with Crippen molar-refractivity contribution in [3.63, 3.8) is 0 Å². The van der Waals surface area contributed by atoms with Gasteiger partial charge >= 0.3 is 33.7 Å². The van der Waals surface area contributed by atoms with Gasteiger partial charge in [0.05, 0.1) is 0 Å². The molecule has 0 unspecified atom stereocenters. The fourth-order valence-electron chi connectivity index (χ4n) is 0. The van der Waals surface area contributed by atoms with Crippen LogP contribution in [0.3, 0.4) is 0 Å². The molecule has 0 aliphatic carbocycles. The van der Waals surface area contributed by atoms with Crippen molar-refractivity contribution in [2.45, 2.75) is 0 Å². The molecule has 6 heteroatoms. The zero-order chi connectivity index (χ0) is 4.28. The van der Waals surface area contributed by atoms with E-state index in [-0.39, 0.29) is 17.4 Å². The summed E-state index contributed by atoms with van der Waals surface area (Å²) in [4.78, 5) is 0. The van der Waals surface area contributed by atoms with E-state index in [0.717, 1.165) is 0 Å². The molecule has 27 valence electrons. The van der Waals surface area contributed by atoms with Crippen LogP contribution in [0, 0.1) is 4.78 Å². The molecule has 0 rings (SSSR count). The van der Waals surface area contributed by atoms with Crippen LogP contribution < -0.4 is 0 Å². The molecule has 0 aromatic heterocycles. The third kappa shape index (κ3) is 8.82. The number of nitrogens with zero attached hydrogens (tertiary/aromatic N) is 1. The molecular formula is HAlB2N2S-. The third-order valence-electron chi connectivity index (χ3n) is 0.114. The standard InChI is InChI=1S/Al.B2HN2S/c;1-4-5(2)3/h;3H/q;-1. The van der Waals surface area contributed by atoms with E-state index in [9.17, 15) is 0 Å². The van der Waals surface area contributed by atoms with Crippen LogP contribution in [0.2, 0.25) is 0 Å². The monoisotopic (exact) mass is 110 g/mol. The Bertz CT molecular complexity index is 87.7. The first-order chi connectivity index (χ1) is 2.27. The molecule has 6 heavy (non-hydrogen) atoms. The summed E-state index contributed by atoms with van der Waals surface area (Å²) in [6.07, 6.45) is 0. The Morgan fingerprint density at radius 3 is 1.83 bits per heavy atom. The first-order valence-corrected chi connectivity index (χ1v) is 2.13. The van der Waals surface area contributed by atoms with Crippen LogP contribution in [-0.4, -0.2) is 31.7 Å². The Labute approximate surface area is 51.5 Å². The van der Waals surface area contributed by atoms with Crippen LogP contribution in [0.1, 0.15) is 0 Å². The molecule has 0 atom stereocenters. The van der Waals surface area contributed by atoms with Crippen molar-refractivity contribution < 1.29 is 0 Å². The minimum atomic E-state index is -1.17. The fraction of sp³-hybridized carbons (Fsp3) is 0. The summed E-state index contributed by atoms with van der Waals surface area (Å²) in [5.41, 5.74) is 0. The molecule has 1 N–H and O–H groups in total. The zero-order valence-corrected chi connectivity index (χ0v) is 5.06. The molecule has 0 spiro atoms. The second-order valence-corrected chi connectivity index (χ2v) is 1.26. The van der Waals surface area contributed by atoms with Gasteiger partial charge in [0.15, 0.2) is 0 Å². The molecule has 0 aliphatic rings. The van der Waals surface area contributed by atoms with Crippen molar-refractivity contribution in [2.24, 2.45) is 4.30 Å². The molecule has 0 bridgehead atoms. The maximum atomic E-state index is 6.34. The van der Waals surface area contributed by atoms with Crippen LogP contribution >= 0.6 is 0 Å². The average Bonchev–Trinajstić information content (AvgIpc) is 1.38. The Kier molecular flexibility index (Phi) is 9.16. The molecule has 0 aromatic rings. The summed E-state index contributed by atoms with van der Waals surface area (Å²) in [6, 6.07) is 0. The van der Waals surface area contributed by atoms with Crippen molar-refractivity contribution in [3.8, 4) is 0 Å². The van der Waals surface area contributed by atoms with Gasteiger partial charge in [-0.3, -0.25) is 0 Å². The van der Waals surface area contributed by atoms with E-state index in [1.807, 2.05) is 0 Å². The molecule has 5 radical (unpaired) electrons. The second-order valence-electron chi connectivity index (χ2n) is 0.420. The van der Waals surface area contributed by atoms with Gasteiger partial charge in [0.1, 0.15) is 0 Å². The van der Waals surface area contributed by atoms with E-state index in [1.54, 1.807) is 0 Å². The Balaban J connectivity index is 0. The van der Waals surface area contributed by atoms with E-state index in [4.69, 9.17) is 11.5 Å². The molecule has 0 saturated heterocycles. The van der Waals surface area contributed by atoms with Crippen LogP contribution in [0.5, 0.6) is 0 Å². The zero-order valence-electron chi connectivity index (χ0n) is 3.09. The number of hydrogen-bond acceptors (Lipinski definition) is 2. The van der Waals surface area contributed by atoms with Gasteiger partial charge in [0.25, 0.3) is 0 Å². The quantitative estimate of drug-likeness (QED) is 0.343. The van der Waals surface area contributed by atoms with E-state index in [0.29, 0.717) is 0 Å². The second kappa shape index (κ2) is 5.61. The fourth-order valence-corrected chi connectivity index (χ4v) is 0. The van der Waals surface area contributed by atoms with Gasteiger partial charge in [-0.25, -0.2) is 0 Å². The van der Waals surface area contributed by atoms with Crippen molar-refractivity contribution in [1.29, 1.82) is 4.78 Å². The normalized spacial score (nSPS) is 6.50. The summed E-state index contributed by atoms with van der Waals surface area (Å²) in [6.45, 7) is 4.69. The summed E-state index contributed by atoms with van der Waals surface area (Å²) >= 11 is 0. The molecule has 0 heterocycles. The van der Waals surface area contributed by atoms with Crippen LogP contribution in [0.15, 0.2) is 4.30 Å². The molecule has 0 amide bonds. The van der Waals surface area contributed by atoms with Gasteiger partial charge in [-0.15, -0.1) is 0 Å². The number of hydrogen-bond donors (Lipinski definition) is 1.